The van der Waals surface area contributed by atoms with Gasteiger partial charge < -0.3 is 10.1 Å². The van der Waals surface area contributed by atoms with Crippen molar-refractivity contribution in [2.45, 2.75) is 24.1 Å². The zero-order valence-corrected chi connectivity index (χ0v) is 16.7. The summed E-state index contributed by atoms with van der Waals surface area (Å²) in [6.07, 6.45) is 0.0736. The van der Waals surface area contributed by atoms with Gasteiger partial charge in [0.2, 0.25) is 0 Å². The molecule has 0 aliphatic heterocycles. The molecule has 26 heavy (non-hydrogen) atoms. The lowest BCUT2D eigenvalue weighted by molar-refractivity contribution is -0.159. The summed E-state index contributed by atoms with van der Waals surface area (Å²) in [6.45, 7) is 1.15. The van der Waals surface area contributed by atoms with Crippen LogP contribution in [0.15, 0.2) is 42.5 Å². The number of alkyl halides is 2. The number of benzene rings is 2. The molecule has 4 nitrogen and oxygen atoms in total. The lowest BCUT2D eigenvalue weighted by Gasteiger charge is -2.20. The highest BCUT2D eigenvalue weighted by Gasteiger charge is 2.28. The molecule has 0 saturated heterocycles. The Balaban J connectivity index is 2.44. The van der Waals surface area contributed by atoms with Gasteiger partial charge in [-0.25, -0.2) is 0 Å². The number of anilines is 2. The number of nitrogens with one attached hydrogen (secondary N) is 1. The van der Waals surface area contributed by atoms with Crippen LogP contribution in [0.3, 0.4) is 0 Å². The van der Waals surface area contributed by atoms with Gasteiger partial charge in [-0.2, -0.15) is 0 Å². The number of para-hydroxylation sites is 2. The van der Waals surface area contributed by atoms with Crippen molar-refractivity contribution >= 4 is 69.7 Å². The van der Waals surface area contributed by atoms with E-state index < -0.39 is 22.7 Å². The minimum Gasteiger partial charge on any atom is -0.393 e. The van der Waals surface area contributed by atoms with E-state index in [4.69, 9.17) is 51.1 Å². The summed E-state index contributed by atoms with van der Waals surface area (Å²) in [5, 5.41) is 3.97. The number of carbonyl (C=O) groups excluding carboxylic acids is 2. The first-order chi connectivity index (χ1) is 12.3. The molecule has 0 saturated carbocycles. The number of hydrogen-bond acceptors (Lipinski definition) is 4. The van der Waals surface area contributed by atoms with E-state index in [1.165, 1.54) is 0 Å². The highest BCUT2D eigenvalue weighted by molar-refractivity contribution is 6.44. The van der Waals surface area contributed by atoms with Gasteiger partial charge in [-0.1, -0.05) is 47.5 Å². The van der Waals surface area contributed by atoms with Crippen molar-refractivity contribution in [1.82, 2.24) is 0 Å². The third kappa shape index (κ3) is 5.52. The van der Waals surface area contributed by atoms with E-state index in [2.05, 4.69) is 5.32 Å². The minimum atomic E-state index is -0.844. The van der Waals surface area contributed by atoms with Gasteiger partial charge in [0.1, 0.15) is 4.84 Å². The van der Waals surface area contributed by atoms with Crippen LogP contribution in [0.25, 0.3) is 0 Å². The first kappa shape index (κ1) is 20.8. The molecule has 0 fully saturated rings. The fourth-order valence-electron chi connectivity index (χ4n) is 2.41. The maximum Gasteiger partial charge on any atom is 0.321 e. The fourth-order valence-corrected chi connectivity index (χ4v) is 3.26. The Hall–Kier alpha value is -1.46. The number of esters is 2. The molecular formula is C18H15Cl4NO3. The molecule has 0 amide bonds. The third-order valence-electron chi connectivity index (χ3n) is 3.50. The first-order valence-electron chi connectivity index (χ1n) is 7.60. The largest absolute Gasteiger partial charge is 0.393 e. The van der Waals surface area contributed by atoms with Crippen molar-refractivity contribution in [3.05, 3.63) is 58.1 Å². The standard InChI is InChI=1S/C18H15Cl4NO3/c1-10(24)26-18(25)12(9-16(21)22)11-5-2-3-8-15(11)23-17-13(19)6-4-7-14(17)20/h2-8,12,16,23H,9H2,1H3. The van der Waals surface area contributed by atoms with E-state index >= 15 is 0 Å². The Morgan fingerprint density at radius 2 is 1.65 bits per heavy atom. The van der Waals surface area contributed by atoms with Crippen LogP contribution in [-0.4, -0.2) is 16.8 Å². The number of rotatable bonds is 6. The number of ether oxygens (including phenoxy) is 1. The summed E-state index contributed by atoms with van der Waals surface area (Å²) in [5.41, 5.74) is 1.62. The van der Waals surface area contributed by atoms with E-state index in [-0.39, 0.29) is 6.42 Å². The number of carbonyl (C=O) groups is 2. The lowest BCUT2D eigenvalue weighted by atomic mass is 9.94. The Bertz CT molecular complexity index is 791. The van der Waals surface area contributed by atoms with E-state index in [1.807, 2.05) is 0 Å². The maximum atomic E-state index is 12.4. The van der Waals surface area contributed by atoms with E-state index in [9.17, 15) is 9.59 Å². The SMILES string of the molecule is CC(=O)OC(=O)C(CC(Cl)Cl)c1ccccc1Nc1c(Cl)cccc1Cl. The monoisotopic (exact) mass is 433 g/mol. The molecule has 0 bridgehead atoms. The number of hydrogen-bond donors (Lipinski definition) is 1. The van der Waals surface area contributed by atoms with Gasteiger partial charge >= 0.3 is 11.9 Å². The average Bonchev–Trinajstić information content (AvgIpc) is 2.56. The fraction of sp³-hybridized carbons (Fsp3) is 0.222. The second kappa shape index (κ2) is 9.47. The lowest BCUT2D eigenvalue weighted by Crippen LogP contribution is -2.21. The Morgan fingerprint density at radius 1 is 1.04 bits per heavy atom. The summed E-state index contributed by atoms with van der Waals surface area (Å²) in [5.74, 6) is -2.28. The van der Waals surface area contributed by atoms with Gasteiger partial charge in [0.05, 0.1) is 21.7 Å². The van der Waals surface area contributed by atoms with Crippen molar-refractivity contribution in [2.75, 3.05) is 5.32 Å². The van der Waals surface area contributed by atoms with Gasteiger partial charge in [0, 0.05) is 12.6 Å². The molecule has 138 valence electrons. The molecule has 0 spiro atoms. The van der Waals surface area contributed by atoms with E-state index in [0.29, 0.717) is 27.0 Å². The Morgan fingerprint density at radius 3 is 2.23 bits per heavy atom. The average molecular weight is 435 g/mol. The molecule has 1 unspecified atom stereocenters. The van der Waals surface area contributed by atoms with Crippen molar-refractivity contribution in [1.29, 1.82) is 0 Å². The summed E-state index contributed by atoms with van der Waals surface area (Å²) >= 11 is 24.2. The maximum absolute atomic E-state index is 12.4. The normalized spacial score (nSPS) is 11.9. The van der Waals surface area contributed by atoms with Crippen molar-refractivity contribution < 1.29 is 14.3 Å². The smallest absolute Gasteiger partial charge is 0.321 e. The van der Waals surface area contributed by atoms with Crippen LogP contribution in [-0.2, 0) is 14.3 Å². The minimum absolute atomic E-state index is 0.0736. The molecule has 8 heteroatoms. The van der Waals surface area contributed by atoms with Crippen LogP contribution >= 0.6 is 46.4 Å². The zero-order chi connectivity index (χ0) is 19.3. The highest BCUT2D eigenvalue weighted by atomic mass is 35.5. The summed E-state index contributed by atoms with van der Waals surface area (Å²) in [6, 6.07) is 12.1. The van der Waals surface area contributed by atoms with Crippen LogP contribution in [0.5, 0.6) is 0 Å². The van der Waals surface area contributed by atoms with Gasteiger partial charge in [-0.3, -0.25) is 9.59 Å². The quantitative estimate of drug-likeness (QED) is 0.338. The molecule has 0 aromatic heterocycles. The van der Waals surface area contributed by atoms with Crippen LogP contribution < -0.4 is 5.32 Å². The molecule has 1 atom stereocenters. The van der Waals surface area contributed by atoms with Crippen molar-refractivity contribution in [3.8, 4) is 0 Å². The second-order valence-electron chi connectivity index (χ2n) is 5.40. The van der Waals surface area contributed by atoms with Crippen LogP contribution in [0, 0.1) is 0 Å². The highest BCUT2D eigenvalue weighted by Crippen LogP contribution is 2.37. The molecule has 2 rings (SSSR count). The van der Waals surface area contributed by atoms with Crippen LogP contribution in [0.4, 0.5) is 11.4 Å². The number of halogens is 4. The Labute approximate surface area is 171 Å². The summed E-state index contributed by atoms with van der Waals surface area (Å²) in [4.78, 5) is 22.7. The first-order valence-corrected chi connectivity index (χ1v) is 9.22. The van der Waals surface area contributed by atoms with Gasteiger partial charge in [-0.05, 0) is 30.2 Å². The summed E-state index contributed by atoms with van der Waals surface area (Å²) in [7, 11) is 0. The molecule has 2 aromatic carbocycles. The van der Waals surface area contributed by atoms with Gasteiger partial charge in [-0.15, -0.1) is 23.2 Å². The molecule has 0 heterocycles. The topological polar surface area (TPSA) is 55.4 Å². The van der Waals surface area contributed by atoms with Crippen molar-refractivity contribution in [2.24, 2.45) is 0 Å². The third-order valence-corrected chi connectivity index (χ3v) is 4.49. The van der Waals surface area contributed by atoms with Crippen LogP contribution in [0.2, 0.25) is 10.0 Å². The van der Waals surface area contributed by atoms with E-state index in [1.54, 1.807) is 42.5 Å². The summed E-state index contributed by atoms with van der Waals surface area (Å²) < 4.78 is 4.75. The molecule has 0 aliphatic carbocycles. The van der Waals surface area contributed by atoms with Crippen LogP contribution in [0.1, 0.15) is 24.8 Å². The molecular weight excluding hydrogens is 420 g/mol. The van der Waals surface area contributed by atoms with Gasteiger partial charge in [0.15, 0.2) is 0 Å². The zero-order valence-electron chi connectivity index (χ0n) is 13.6. The predicted molar refractivity (Wildman–Crippen MR) is 106 cm³/mol. The van der Waals surface area contributed by atoms with Crippen molar-refractivity contribution in [3.63, 3.8) is 0 Å². The molecule has 0 radical (unpaired) electrons. The van der Waals surface area contributed by atoms with E-state index in [0.717, 1.165) is 6.92 Å². The molecule has 1 N–H and O–H groups in total. The van der Waals surface area contributed by atoms with Gasteiger partial charge in [0.25, 0.3) is 0 Å². The molecule has 2 aromatic rings. The predicted octanol–water partition coefficient (Wildman–Crippen LogP) is 6.10. The second-order valence-corrected chi connectivity index (χ2v) is 7.49. The Kier molecular flexibility index (Phi) is 7.59. The molecule has 0 aliphatic rings.